The molecule has 1 unspecified atom stereocenters. The molecular formula is C31H32N4O3. The van der Waals surface area contributed by atoms with Crippen molar-refractivity contribution in [1.29, 1.82) is 0 Å². The summed E-state index contributed by atoms with van der Waals surface area (Å²) in [5.74, 6) is 0.344. The number of pyridine rings is 1. The summed E-state index contributed by atoms with van der Waals surface area (Å²) >= 11 is 0. The predicted molar refractivity (Wildman–Crippen MR) is 151 cm³/mol. The molecule has 2 N–H and O–H groups in total. The third-order valence-electron chi connectivity index (χ3n) is 6.86. The second kappa shape index (κ2) is 10.5. The Balaban J connectivity index is 1.48. The Bertz CT molecular complexity index is 1640. The number of anilines is 1. The maximum absolute atomic E-state index is 13.4. The van der Waals surface area contributed by atoms with Gasteiger partial charge in [0.25, 0.3) is 5.91 Å². The lowest BCUT2D eigenvalue weighted by Gasteiger charge is -2.20. The summed E-state index contributed by atoms with van der Waals surface area (Å²) in [6.07, 6.45) is 13.6. The molecule has 3 heterocycles. The van der Waals surface area contributed by atoms with Gasteiger partial charge >= 0.3 is 0 Å². The standard InChI is InChI=1S/C31H32N4O3/c1-19-15-24(30-25(16-19)28(36)20(2)29(38-30)23-9-6-5-7-10-23)21(3)34-26-11-8-13-32-27(26)31(37)33-17-22-12-14-35(4)18-22/h6,8-16,18,21,34H,5,7,17H2,1-4H3,(H,33,37). The summed E-state index contributed by atoms with van der Waals surface area (Å²) in [5, 5.41) is 6.95. The first-order valence-electron chi connectivity index (χ1n) is 12.9. The maximum atomic E-state index is 13.4. The molecule has 1 aliphatic rings. The number of benzene rings is 1. The zero-order valence-electron chi connectivity index (χ0n) is 22.2. The number of carbonyl (C=O) groups is 1. The largest absolute Gasteiger partial charge is 0.455 e. The predicted octanol–water partition coefficient (Wildman–Crippen LogP) is 5.98. The molecule has 1 amide bonds. The molecule has 38 heavy (non-hydrogen) atoms. The van der Waals surface area contributed by atoms with Crippen LogP contribution in [-0.4, -0.2) is 15.5 Å². The van der Waals surface area contributed by atoms with E-state index in [0.29, 0.717) is 40.2 Å². The van der Waals surface area contributed by atoms with E-state index in [0.717, 1.165) is 35.1 Å². The molecule has 0 saturated carbocycles. The number of allylic oxidation sites excluding steroid dienone is 4. The fourth-order valence-corrected chi connectivity index (χ4v) is 4.89. The molecule has 0 radical (unpaired) electrons. The Morgan fingerprint density at radius 2 is 2.05 bits per heavy atom. The SMILES string of the molecule is Cc1cc(C(C)Nc2cccnc2C(=O)NCc2ccn(C)c2)c2oc(C3=CCCC=C3)c(C)c(=O)c2c1. The molecular weight excluding hydrogens is 476 g/mol. The zero-order chi connectivity index (χ0) is 26.8. The van der Waals surface area contributed by atoms with E-state index in [4.69, 9.17) is 4.42 Å². The zero-order valence-corrected chi connectivity index (χ0v) is 22.2. The van der Waals surface area contributed by atoms with Crippen LogP contribution in [0.3, 0.4) is 0 Å². The molecule has 0 aliphatic heterocycles. The maximum Gasteiger partial charge on any atom is 0.272 e. The van der Waals surface area contributed by atoms with Crippen molar-refractivity contribution in [2.24, 2.45) is 7.05 Å². The van der Waals surface area contributed by atoms with Crippen molar-refractivity contribution in [3.05, 3.63) is 111 Å². The number of aryl methyl sites for hydroxylation is 2. The van der Waals surface area contributed by atoms with Crippen LogP contribution in [-0.2, 0) is 13.6 Å². The minimum Gasteiger partial charge on any atom is -0.455 e. The summed E-state index contributed by atoms with van der Waals surface area (Å²) in [4.78, 5) is 30.8. The van der Waals surface area contributed by atoms with Crippen molar-refractivity contribution in [3.8, 4) is 0 Å². The Labute approximate surface area is 221 Å². The van der Waals surface area contributed by atoms with E-state index in [-0.39, 0.29) is 17.4 Å². The Hall–Kier alpha value is -4.39. The number of carbonyl (C=O) groups excluding carboxylic acids is 1. The van der Waals surface area contributed by atoms with Gasteiger partial charge in [-0.15, -0.1) is 0 Å². The summed E-state index contributed by atoms with van der Waals surface area (Å²) < 4.78 is 8.41. The second-order valence-corrected chi connectivity index (χ2v) is 9.89. The summed E-state index contributed by atoms with van der Waals surface area (Å²) in [7, 11) is 1.94. The number of aromatic nitrogens is 2. The van der Waals surface area contributed by atoms with Crippen molar-refractivity contribution in [2.45, 2.75) is 46.2 Å². The van der Waals surface area contributed by atoms with E-state index >= 15 is 0 Å². The van der Waals surface area contributed by atoms with Crippen molar-refractivity contribution in [1.82, 2.24) is 14.9 Å². The fourth-order valence-electron chi connectivity index (χ4n) is 4.89. The fraction of sp³-hybridized carbons (Fsp3) is 0.258. The topological polar surface area (TPSA) is 89.2 Å². The number of nitrogens with zero attached hydrogens (tertiary/aromatic N) is 2. The number of fused-ring (bicyclic) bond motifs is 1. The van der Waals surface area contributed by atoms with E-state index in [1.165, 1.54) is 0 Å². The molecule has 7 nitrogen and oxygen atoms in total. The summed E-state index contributed by atoms with van der Waals surface area (Å²) in [6.45, 7) is 6.19. The molecule has 1 atom stereocenters. The second-order valence-electron chi connectivity index (χ2n) is 9.89. The van der Waals surface area contributed by atoms with Crippen LogP contribution in [0.25, 0.3) is 16.5 Å². The number of hydrogen-bond acceptors (Lipinski definition) is 5. The molecule has 1 aliphatic carbocycles. The minimum absolute atomic E-state index is 0.0272. The Kier molecular flexibility index (Phi) is 7.01. The van der Waals surface area contributed by atoms with Crippen molar-refractivity contribution in [2.75, 3.05) is 5.32 Å². The Morgan fingerprint density at radius 1 is 1.21 bits per heavy atom. The van der Waals surface area contributed by atoms with Gasteiger partial charge in [0.05, 0.1) is 17.1 Å². The van der Waals surface area contributed by atoms with Crippen LogP contribution in [0, 0.1) is 13.8 Å². The number of amides is 1. The van der Waals surface area contributed by atoms with Crippen LogP contribution < -0.4 is 16.1 Å². The highest BCUT2D eigenvalue weighted by Crippen LogP contribution is 2.32. The van der Waals surface area contributed by atoms with E-state index in [1.54, 1.807) is 12.3 Å². The first kappa shape index (κ1) is 25.3. The van der Waals surface area contributed by atoms with Gasteiger partial charge in [-0.1, -0.05) is 24.3 Å². The highest BCUT2D eigenvalue weighted by atomic mass is 16.3. The third kappa shape index (κ3) is 5.05. The van der Waals surface area contributed by atoms with Crippen LogP contribution in [0.1, 0.15) is 64.3 Å². The van der Waals surface area contributed by atoms with Crippen LogP contribution in [0.5, 0.6) is 0 Å². The van der Waals surface area contributed by atoms with Gasteiger partial charge in [-0.05, 0) is 69.0 Å². The van der Waals surface area contributed by atoms with Crippen molar-refractivity contribution < 1.29 is 9.21 Å². The van der Waals surface area contributed by atoms with Crippen LogP contribution >= 0.6 is 0 Å². The van der Waals surface area contributed by atoms with E-state index in [1.807, 2.05) is 75.1 Å². The molecule has 0 bridgehead atoms. The van der Waals surface area contributed by atoms with Gasteiger partial charge in [-0.2, -0.15) is 0 Å². The average molecular weight is 509 g/mol. The first-order valence-corrected chi connectivity index (χ1v) is 12.9. The lowest BCUT2D eigenvalue weighted by molar-refractivity contribution is 0.0946. The molecule has 0 spiro atoms. The van der Waals surface area contributed by atoms with Gasteiger partial charge in [0.2, 0.25) is 0 Å². The number of hydrogen-bond donors (Lipinski definition) is 2. The third-order valence-corrected chi connectivity index (χ3v) is 6.86. The molecule has 0 saturated heterocycles. The average Bonchev–Trinajstić information content (AvgIpc) is 3.35. The van der Waals surface area contributed by atoms with Gasteiger partial charge in [-0.25, -0.2) is 4.98 Å². The first-order chi connectivity index (χ1) is 18.3. The lowest BCUT2D eigenvalue weighted by Crippen LogP contribution is -2.25. The van der Waals surface area contributed by atoms with Crippen molar-refractivity contribution >= 4 is 28.1 Å². The monoisotopic (exact) mass is 508 g/mol. The van der Waals surface area contributed by atoms with Crippen LogP contribution in [0.15, 0.2) is 76.4 Å². The van der Waals surface area contributed by atoms with Crippen LogP contribution in [0.4, 0.5) is 5.69 Å². The van der Waals surface area contributed by atoms with Gasteiger partial charge in [0.15, 0.2) is 11.1 Å². The molecule has 5 rings (SSSR count). The van der Waals surface area contributed by atoms with E-state index in [9.17, 15) is 9.59 Å². The highest BCUT2D eigenvalue weighted by molar-refractivity contribution is 5.97. The van der Waals surface area contributed by atoms with Gasteiger partial charge in [0.1, 0.15) is 11.3 Å². The molecule has 3 aromatic heterocycles. The number of rotatable bonds is 7. The summed E-state index contributed by atoms with van der Waals surface area (Å²) in [5.41, 5.74) is 5.80. The smallest absolute Gasteiger partial charge is 0.272 e. The van der Waals surface area contributed by atoms with Crippen molar-refractivity contribution in [3.63, 3.8) is 0 Å². The molecule has 4 aromatic rings. The lowest BCUT2D eigenvalue weighted by atomic mass is 9.97. The Morgan fingerprint density at radius 3 is 2.79 bits per heavy atom. The molecule has 1 aromatic carbocycles. The van der Waals surface area contributed by atoms with Crippen LogP contribution in [0.2, 0.25) is 0 Å². The van der Waals surface area contributed by atoms with Gasteiger partial charge in [-0.3, -0.25) is 9.59 Å². The molecule has 194 valence electrons. The van der Waals surface area contributed by atoms with Gasteiger partial charge < -0.3 is 19.6 Å². The minimum atomic E-state index is -0.267. The highest BCUT2D eigenvalue weighted by Gasteiger charge is 2.21. The molecule has 7 heteroatoms. The quantitative estimate of drug-likeness (QED) is 0.321. The van der Waals surface area contributed by atoms with E-state index in [2.05, 4.69) is 27.8 Å². The van der Waals surface area contributed by atoms with E-state index < -0.39 is 0 Å². The summed E-state index contributed by atoms with van der Waals surface area (Å²) in [6, 6.07) is 9.23. The molecule has 0 fully saturated rings. The van der Waals surface area contributed by atoms with Gasteiger partial charge in [0, 0.05) is 48.9 Å². The number of nitrogens with one attached hydrogen (secondary N) is 2. The normalized spacial score (nSPS) is 13.8.